The van der Waals surface area contributed by atoms with E-state index in [0.29, 0.717) is 37.7 Å². The van der Waals surface area contributed by atoms with Crippen LogP contribution in [-0.4, -0.2) is 34.0 Å². The van der Waals surface area contributed by atoms with Crippen LogP contribution in [0.25, 0.3) is 17.4 Å². The summed E-state index contributed by atoms with van der Waals surface area (Å²) in [6.45, 7) is 5.31. The highest BCUT2D eigenvalue weighted by molar-refractivity contribution is 7.98. The Morgan fingerprint density at radius 2 is 1.90 bits per heavy atom. The second-order valence-corrected chi connectivity index (χ2v) is 11.3. The lowest BCUT2D eigenvalue weighted by Gasteiger charge is -2.25. The average Bonchev–Trinajstić information content (AvgIpc) is 3.52. The van der Waals surface area contributed by atoms with Gasteiger partial charge in [-0.15, -0.1) is 11.8 Å². The van der Waals surface area contributed by atoms with Gasteiger partial charge in [0.15, 0.2) is 4.80 Å². The zero-order valence-electron chi connectivity index (χ0n) is 22.2. The van der Waals surface area contributed by atoms with Crippen LogP contribution in [0.3, 0.4) is 0 Å². The van der Waals surface area contributed by atoms with Crippen LogP contribution in [-0.2, 0) is 9.53 Å². The molecular weight excluding hydrogens is 548 g/mol. The summed E-state index contributed by atoms with van der Waals surface area (Å²) in [5.74, 6) is -0.636. The minimum absolute atomic E-state index is 0.150. The molecule has 4 aromatic rings. The first kappa shape index (κ1) is 27.4. The van der Waals surface area contributed by atoms with Gasteiger partial charge in [0.05, 0.1) is 33.5 Å². The van der Waals surface area contributed by atoms with Gasteiger partial charge in [0.2, 0.25) is 0 Å². The zero-order valence-corrected chi connectivity index (χ0v) is 23.8. The highest BCUT2D eigenvalue weighted by atomic mass is 32.2. The third kappa shape index (κ3) is 5.32. The fourth-order valence-corrected chi connectivity index (χ4v) is 5.92. The SMILES string of the molecule is CSc1ccc([C@H]2C(C(=O)OC(C)C)=C(C)N=c3s/c(=C\c4ccc(-c5cccc(C(=O)O)c5)o4)c(=O)n32)cc1. The number of aromatic carboxylic acids is 1. The van der Waals surface area contributed by atoms with E-state index in [4.69, 9.17) is 9.15 Å². The van der Waals surface area contributed by atoms with Crippen molar-refractivity contribution < 1.29 is 23.8 Å². The number of carbonyl (C=O) groups is 2. The molecule has 0 fully saturated rings. The highest BCUT2D eigenvalue weighted by Crippen LogP contribution is 2.32. The predicted molar refractivity (Wildman–Crippen MR) is 154 cm³/mol. The van der Waals surface area contributed by atoms with Crippen molar-refractivity contribution in [2.75, 3.05) is 6.26 Å². The molecule has 0 amide bonds. The summed E-state index contributed by atoms with van der Waals surface area (Å²) in [5, 5.41) is 9.30. The molecule has 1 aliphatic heterocycles. The number of hydrogen-bond acceptors (Lipinski definition) is 8. The minimum Gasteiger partial charge on any atom is -0.478 e. The highest BCUT2D eigenvalue weighted by Gasteiger charge is 2.33. The molecule has 0 radical (unpaired) electrons. The van der Waals surface area contributed by atoms with Crippen molar-refractivity contribution in [3.05, 3.63) is 109 Å². The number of rotatable bonds is 7. The number of carbonyl (C=O) groups excluding carboxylic acids is 1. The Morgan fingerprint density at radius 3 is 2.58 bits per heavy atom. The number of benzene rings is 2. The molecular formula is C30H26N2O6S2. The van der Waals surface area contributed by atoms with Crippen LogP contribution in [0.5, 0.6) is 0 Å². The van der Waals surface area contributed by atoms with Gasteiger partial charge < -0.3 is 14.3 Å². The van der Waals surface area contributed by atoms with E-state index in [0.717, 1.165) is 10.5 Å². The Morgan fingerprint density at radius 1 is 1.15 bits per heavy atom. The summed E-state index contributed by atoms with van der Waals surface area (Å²) in [6.07, 6.45) is 3.28. The number of allylic oxidation sites excluding steroid dienone is 1. The first-order chi connectivity index (χ1) is 19.2. The van der Waals surface area contributed by atoms with Gasteiger partial charge in [-0.05, 0) is 69.0 Å². The Labute approximate surface area is 238 Å². The molecule has 40 heavy (non-hydrogen) atoms. The molecule has 2 aromatic carbocycles. The lowest BCUT2D eigenvalue weighted by atomic mass is 9.96. The van der Waals surface area contributed by atoms with Crippen molar-refractivity contribution in [2.45, 2.75) is 37.8 Å². The van der Waals surface area contributed by atoms with E-state index in [9.17, 15) is 19.5 Å². The predicted octanol–water partition coefficient (Wildman–Crippen LogP) is 4.87. The van der Waals surface area contributed by atoms with E-state index in [1.54, 1.807) is 62.9 Å². The topological polar surface area (TPSA) is 111 Å². The third-order valence-electron chi connectivity index (χ3n) is 6.31. The maximum absolute atomic E-state index is 13.8. The van der Waals surface area contributed by atoms with Gasteiger partial charge in [-0.3, -0.25) is 9.36 Å². The number of ether oxygens (including phenoxy) is 1. The molecule has 0 saturated heterocycles. The Hall–Kier alpha value is -4.15. The van der Waals surface area contributed by atoms with Crippen LogP contribution >= 0.6 is 23.1 Å². The molecule has 0 unspecified atom stereocenters. The van der Waals surface area contributed by atoms with Crippen LogP contribution in [0.2, 0.25) is 0 Å². The molecule has 1 aliphatic rings. The molecule has 204 valence electrons. The normalized spacial score (nSPS) is 15.2. The number of thioether (sulfide) groups is 1. The van der Waals surface area contributed by atoms with E-state index in [2.05, 4.69) is 4.99 Å². The maximum Gasteiger partial charge on any atom is 0.338 e. The number of esters is 1. The molecule has 2 aromatic heterocycles. The van der Waals surface area contributed by atoms with E-state index >= 15 is 0 Å². The van der Waals surface area contributed by atoms with Crippen molar-refractivity contribution in [3.63, 3.8) is 0 Å². The van der Waals surface area contributed by atoms with Crippen LogP contribution in [0.1, 0.15) is 48.5 Å². The number of nitrogens with zero attached hydrogens (tertiary/aromatic N) is 2. The number of hydrogen-bond donors (Lipinski definition) is 1. The van der Waals surface area contributed by atoms with Crippen molar-refractivity contribution in [3.8, 4) is 11.3 Å². The fraction of sp³-hybridized carbons (Fsp3) is 0.200. The Balaban J connectivity index is 1.61. The molecule has 5 rings (SSSR count). The van der Waals surface area contributed by atoms with Crippen molar-refractivity contribution in [1.29, 1.82) is 0 Å². The van der Waals surface area contributed by atoms with Crippen molar-refractivity contribution >= 4 is 41.1 Å². The summed E-state index contributed by atoms with van der Waals surface area (Å²) in [7, 11) is 0. The monoisotopic (exact) mass is 574 g/mol. The van der Waals surface area contributed by atoms with Gasteiger partial charge in [0, 0.05) is 16.5 Å². The van der Waals surface area contributed by atoms with E-state index in [1.807, 2.05) is 30.5 Å². The minimum atomic E-state index is -1.03. The second kappa shape index (κ2) is 11.1. The number of furan rings is 1. The van der Waals surface area contributed by atoms with E-state index in [-0.39, 0.29) is 17.2 Å². The maximum atomic E-state index is 13.8. The van der Waals surface area contributed by atoms with Gasteiger partial charge in [0.25, 0.3) is 5.56 Å². The Kier molecular flexibility index (Phi) is 7.64. The summed E-state index contributed by atoms with van der Waals surface area (Å²) >= 11 is 2.81. The van der Waals surface area contributed by atoms with Crippen molar-refractivity contribution in [1.82, 2.24) is 4.57 Å². The van der Waals surface area contributed by atoms with Gasteiger partial charge >= 0.3 is 11.9 Å². The molecule has 1 atom stereocenters. The number of thiazole rings is 1. The zero-order chi connectivity index (χ0) is 28.6. The summed E-state index contributed by atoms with van der Waals surface area (Å²) in [6, 6.07) is 16.9. The summed E-state index contributed by atoms with van der Waals surface area (Å²) in [4.78, 5) is 44.5. The lowest BCUT2D eigenvalue weighted by Crippen LogP contribution is -2.40. The van der Waals surface area contributed by atoms with E-state index in [1.165, 1.54) is 28.0 Å². The van der Waals surface area contributed by atoms with Gasteiger partial charge in [-0.1, -0.05) is 35.6 Å². The van der Waals surface area contributed by atoms with Gasteiger partial charge in [-0.2, -0.15) is 0 Å². The van der Waals surface area contributed by atoms with Crippen LogP contribution < -0.4 is 14.9 Å². The third-order valence-corrected chi connectivity index (χ3v) is 8.04. The van der Waals surface area contributed by atoms with E-state index < -0.39 is 18.0 Å². The smallest absolute Gasteiger partial charge is 0.338 e. The number of carboxylic acids is 1. The summed E-state index contributed by atoms with van der Waals surface area (Å²) < 4.78 is 13.4. The second-order valence-electron chi connectivity index (χ2n) is 9.40. The Bertz CT molecular complexity index is 1830. The largest absolute Gasteiger partial charge is 0.478 e. The van der Waals surface area contributed by atoms with Gasteiger partial charge in [-0.25, -0.2) is 14.6 Å². The van der Waals surface area contributed by atoms with Gasteiger partial charge in [0.1, 0.15) is 11.5 Å². The number of aromatic nitrogens is 1. The number of fused-ring (bicyclic) bond motifs is 1. The number of carboxylic acid groups (broad SMARTS) is 1. The lowest BCUT2D eigenvalue weighted by molar-refractivity contribution is -0.143. The molecule has 3 heterocycles. The first-order valence-electron chi connectivity index (χ1n) is 12.5. The molecule has 1 N–H and O–H groups in total. The molecule has 0 aliphatic carbocycles. The summed E-state index contributed by atoms with van der Waals surface area (Å²) in [5.41, 5.74) is 2.04. The van der Waals surface area contributed by atoms with Crippen LogP contribution in [0.15, 0.2) is 91.0 Å². The molecule has 0 saturated carbocycles. The van der Waals surface area contributed by atoms with Crippen LogP contribution in [0.4, 0.5) is 0 Å². The standard InChI is InChI=1S/C30H26N2O6S2/c1-16(2)37-29(36)25-17(3)31-30-32(26(25)18-8-11-22(39-4)12-9-18)27(33)24(40-30)15-21-10-13-23(38-21)19-6-5-7-20(14-19)28(34)35/h5-16,26H,1-4H3,(H,34,35)/b24-15-/t26-/m0/s1. The fourth-order valence-electron chi connectivity index (χ4n) is 4.48. The first-order valence-corrected chi connectivity index (χ1v) is 14.5. The molecule has 0 spiro atoms. The molecule has 0 bridgehead atoms. The quantitative estimate of drug-likeness (QED) is 0.248. The average molecular weight is 575 g/mol. The van der Waals surface area contributed by atoms with Crippen molar-refractivity contribution in [2.24, 2.45) is 4.99 Å². The van der Waals surface area contributed by atoms with Crippen LogP contribution in [0, 0.1) is 0 Å². The molecule has 10 heteroatoms. The molecule has 8 nitrogen and oxygen atoms in total.